The summed E-state index contributed by atoms with van der Waals surface area (Å²) >= 11 is 0. The number of nitrogens with zero attached hydrogens (tertiary/aromatic N) is 4. The van der Waals surface area contributed by atoms with E-state index < -0.39 is 5.60 Å². The topological polar surface area (TPSA) is 75.6 Å². The minimum Gasteiger partial charge on any atom is -0.444 e. The van der Waals surface area contributed by atoms with E-state index in [4.69, 9.17) is 4.74 Å². The summed E-state index contributed by atoms with van der Waals surface area (Å²) in [6.07, 6.45) is 3.46. The van der Waals surface area contributed by atoms with Crippen LogP contribution >= 0.6 is 0 Å². The number of rotatable bonds is 4. The fourth-order valence-electron chi connectivity index (χ4n) is 4.17. The van der Waals surface area contributed by atoms with Gasteiger partial charge in [0.05, 0.1) is 0 Å². The molecule has 7 nitrogen and oxygen atoms in total. The van der Waals surface area contributed by atoms with Crippen molar-refractivity contribution in [3.63, 3.8) is 0 Å². The van der Waals surface area contributed by atoms with Gasteiger partial charge in [-0.15, -0.1) is 0 Å². The molecule has 1 saturated heterocycles. The number of benzene rings is 1. The van der Waals surface area contributed by atoms with Gasteiger partial charge < -0.3 is 14.5 Å². The largest absolute Gasteiger partial charge is 0.444 e. The molecule has 1 aliphatic rings. The average Bonchev–Trinajstić information content (AvgIpc) is 3.03. The van der Waals surface area contributed by atoms with Gasteiger partial charge in [0.1, 0.15) is 17.6 Å². The van der Waals surface area contributed by atoms with Crippen molar-refractivity contribution in [3.05, 3.63) is 58.7 Å². The van der Waals surface area contributed by atoms with E-state index in [1.807, 2.05) is 27.7 Å². The predicted octanol–water partition coefficient (Wildman–Crippen LogP) is 4.95. The lowest BCUT2D eigenvalue weighted by Gasteiger charge is -2.26. The zero-order chi connectivity index (χ0) is 25.8. The molecule has 0 bridgehead atoms. The van der Waals surface area contributed by atoms with E-state index in [0.29, 0.717) is 38.3 Å². The van der Waals surface area contributed by atoms with Gasteiger partial charge in [0.15, 0.2) is 0 Å². The quantitative estimate of drug-likeness (QED) is 0.619. The van der Waals surface area contributed by atoms with E-state index in [1.165, 1.54) is 17.5 Å². The molecule has 0 unspecified atom stereocenters. The van der Waals surface area contributed by atoms with Gasteiger partial charge in [-0.3, -0.25) is 4.79 Å². The first kappa shape index (κ1) is 26.6. The molecule has 2 heterocycles. The van der Waals surface area contributed by atoms with Gasteiger partial charge in [0, 0.05) is 37.4 Å². The summed E-state index contributed by atoms with van der Waals surface area (Å²) in [5, 5.41) is 0. The van der Waals surface area contributed by atoms with Crippen molar-refractivity contribution in [3.8, 4) is 0 Å². The maximum absolute atomic E-state index is 13.3. The molecule has 1 aliphatic heterocycles. The first-order chi connectivity index (χ1) is 16.3. The number of hydrogen-bond donors (Lipinski definition) is 0. The van der Waals surface area contributed by atoms with Gasteiger partial charge in [-0.25, -0.2) is 14.8 Å². The fraction of sp³-hybridized carbons (Fsp3) is 0.571. The monoisotopic (exact) mass is 480 g/mol. The number of aryl methyl sites for hydroxylation is 2. The Labute approximate surface area is 209 Å². The van der Waals surface area contributed by atoms with Gasteiger partial charge >= 0.3 is 6.09 Å². The molecule has 0 saturated carbocycles. The van der Waals surface area contributed by atoms with Crippen molar-refractivity contribution in [2.75, 3.05) is 26.2 Å². The van der Waals surface area contributed by atoms with Crippen molar-refractivity contribution in [2.24, 2.45) is 0 Å². The Balaban J connectivity index is 1.64. The van der Waals surface area contributed by atoms with Crippen LogP contribution in [0.25, 0.3) is 0 Å². The van der Waals surface area contributed by atoms with Crippen LogP contribution in [-0.4, -0.2) is 63.5 Å². The van der Waals surface area contributed by atoms with Gasteiger partial charge in [-0.1, -0.05) is 45.0 Å². The van der Waals surface area contributed by atoms with Gasteiger partial charge in [-0.2, -0.15) is 0 Å². The van der Waals surface area contributed by atoms with Crippen LogP contribution in [0.1, 0.15) is 80.8 Å². The lowest BCUT2D eigenvalue weighted by Crippen LogP contribution is -2.40. The number of hydrogen-bond acceptors (Lipinski definition) is 5. The molecule has 1 aromatic heterocycles. The Kier molecular flexibility index (Phi) is 8.18. The molecule has 7 heteroatoms. The number of ether oxygens (including phenoxy) is 1. The van der Waals surface area contributed by atoms with Gasteiger partial charge in [0.2, 0.25) is 0 Å². The number of amides is 2. The molecule has 1 fully saturated rings. The Morgan fingerprint density at radius 3 is 2.14 bits per heavy atom. The predicted molar refractivity (Wildman–Crippen MR) is 138 cm³/mol. The van der Waals surface area contributed by atoms with Crippen LogP contribution in [0.15, 0.2) is 30.6 Å². The van der Waals surface area contributed by atoms with Crippen LogP contribution in [0.3, 0.4) is 0 Å². The van der Waals surface area contributed by atoms with E-state index in [2.05, 4.69) is 55.0 Å². The minimum absolute atomic E-state index is 0.105. The zero-order valence-electron chi connectivity index (χ0n) is 22.4. The van der Waals surface area contributed by atoms with Crippen molar-refractivity contribution in [2.45, 2.75) is 78.7 Å². The van der Waals surface area contributed by atoms with Crippen LogP contribution in [0.2, 0.25) is 0 Å². The minimum atomic E-state index is -0.540. The molecule has 190 valence electrons. The van der Waals surface area contributed by atoms with Crippen molar-refractivity contribution in [1.82, 2.24) is 19.8 Å². The standard InChI is InChI=1S/C28H40N4O3/c1-20-23(14-11-21-9-12-22(13-10-21)27(2,3)4)29-19-30-24(20)25(33)31-15-8-16-32(18-17-31)26(34)35-28(5,6)7/h9-10,12-13,19H,8,11,14-18H2,1-7H3. The van der Waals surface area contributed by atoms with Crippen LogP contribution in [0.5, 0.6) is 0 Å². The maximum Gasteiger partial charge on any atom is 0.410 e. The molecule has 0 spiro atoms. The van der Waals surface area contributed by atoms with E-state index >= 15 is 0 Å². The van der Waals surface area contributed by atoms with E-state index in [-0.39, 0.29) is 17.4 Å². The lowest BCUT2D eigenvalue weighted by atomic mass is 9.86. The van der Waals surface area contributed by atoms with E-state index in [9.17, 15) is 9.59 Å². The van der Waals surface area contributed by atoms with E-state index in [0.717, 1.165) is 24.1 Å². The summed E-state index contributed by atoms with van der Waals surface area (Å²) in [4.78, 5) is 38.1. The zero-order valence-corrected chi connectivity index (χ0v) is 22.4. The molecule has 0 radical (unpaired) electrons. The Morgan fingerprint density at radius 2 is 1.51 bits per heavy atom. The molecule has 0 N–H and O–H groups in total. The first-order valence-electron chi connectivity index (χ1n) is 12.5. The van der Waals surface area contributed by atoms with Gasteiger partial charge in [-0.05, 0) is 63.5 Å². The fourth-order valence-corrected chi connectivity index (χ4v) is 4.17. The SMILES string of the molecule is Cc1c(CCc2ccc(C(C)(C)C)cc2)ncnc1C(=O)N1CCCN(C(=O)OC(C)(C)C)CC1. The molecular weight excluding hydrogens is 440 g/mol. The molecule has 1 aromatic carbocycles. The second kappa shape index (κ2) is 10.8. The van der Waals surface area contributed by atoms with Crippen molar-refractivity contribution >= 4 is 12.0 Å². The Morgan fingerprint density at radius 1 is 0.886 bits per heavy atom. The molecule has 3 rings (SSSR count). The van der Waals surface area contributed by atoms with Crippen molar-refractivity contribution < 1.29 is 14.3 Å². The summed E-state index contributed by atoms with van der Waals surface area (Å²) in [7, 11) is 0. The summed E-state index contributed by atoms with van der Waals surface area (Å²) in [6, 6.07) is 8.74. The van der Waals surface area contributed by atoms with Crippen LogP contribution in [-0.2, 0) is 23.0 Å². The average molecular weight is 481 g/mol. The lowest BCUT2D eigenvalue weighted by molar-refractivity contribution is 0.0255. The van der Waals surface area contributed by atoms with Crippen LogP contribution in [0, 0.1) is 6.92 Å². The second-order valence-corrected chi connectivity index (χ2v) is 11.4. The molecule has 2 aromatic rings. The maximum atomic E-state index is 13.3. The Hall–Kier alpha value is -2.96. The van der Waals surface area contributed by atoms with Crippen molar-refractivity contribution in [1.29, 1.82) is 0 Å². The molecule has 0 atom stereocenters. The first-order valence-corrected chi connectivity index (χ1v) is 12.5. The third kappa shape index (κ3) is 7.26. The molecule has 0 aliphatic carbocycles. The smallest absolute Gasteiger partial charge is 0.410 e. The Bertz CT molecular complexity index is 1040. The molecule has 35 heavy (non-hydrogen) atoms. The van der Waals surface area contributed by atoms with Crippen LogP contribution < -0.4 is 0 Å². The number of aromatic nitrogens is 2. The normalized spacial score (nSPS) is 15.1. The third-order valence-electron chi connectivity index (χ3n) is 6.30. The molecule has 2 amide bonds. The van der Waals surface area contributed by atoms with Crippen LogP contribution in [0.4, 0.5) is 4.79 Å². The number of carbonyl (C=O) groups is 2. The highest BCUT2D eigenvalue weighted by Crippen LogP contribution is 2.23. The van der Waals surface area contributed by atoms with Gasteiger partial charge in [0.25, 0.3) is 5.91 Å². The summed E-state index contributed by atoms with van der Waals surface area (Å²) in [5.74, 6) is -0.105. The second-order valence-electron chi connectivity index (χ2n) is 11.4. The highest BCUT2D eigenvalue weighted by Gasteiger charge is 2.27. The van der Waals surface area contributed by atoms with E-state index in [1.54, 1.807) is 9.80 Å². The summed E-state index contributed by atoms with van der Waals surface area (Å²) in [6.45, 7) is 16.2. The summed E-state index contributed by atoms with van der Waals surface area (Å²) in [5.41, 5.74) is 4.33. The third-order valence-corrected chi connectivity index (χ3v) is 6.30. The highest BCUT2D eigenvalue weighted by molar-refractivity contribution is 5.93. The number of carbonyl (C=O) groups excluding carboxylic acids is 2. The highest BCUT2D eigenvalue weighted by atomic mass is 16.6. The molecular formula is C28H40N4O3. The summed E-state index contributed by atoms with van der Waals surface area (Å²) < 4.78 is 5.50.